The molecule has 46 heavy (non-hydrogen) atoms. The van der Waals surface area contributed by atoms with E-state index in [9.17, 15) is 10.5 Å². The van der Waals surface area contributed by atoms with Gasteiger partial charge < -0.3 is 9.13 Å². The van der Waals surface area contributed by atoms with E-state index in [0.29, 0.717) is 22.5 Å². The summed E-state index contributed by atoms with van der Waals surface area (Å²) in [4.78, 5) is 0. The van der Waals surface area contributed by atoms with E-state index in [2.05, 4.69) is 124 Å². The molecule has 212 valence electrons. The molecule has 0 saturated heterocycles. The predicted molar refractivity (Wildman–Crippen MR) is 187 cm³/mol. The smallest absolute Gasteiger partial charge is 0.103 e. The minimum atomic E-state index is 0.348. The molecule has 0 radical (unpaired) electrons. The molecule has 0 atom stereocenters. The summed E-state index contributed by atoms with van der Waals surface area (Å²) >= 11 is 0. The number of benzene rings is 7. The standard InChI is InChI=1S/C42H24N4/c43-25-34-35(26-44)40(23-22-39(34)45-36-16-8-6-14-31(36)32-15-7-9-17-37(32)45)46-38-20-19-29(27-10-2-1-3-11-27)24-33(38)42-30-13-5-4-12-28(30)18-21-41(42)46/h1-24H. The Hall–Kier alpha value is -6.62. The summed E-state index contributed by atoms with van der Waals surface area (Å²) in [6.45, 7) is 0. The summed E-state index contributed by atoms with van der Waals surface area (Å²) < 4.78 is 4.26. The topological polar surface area (TPSA) is 57.4 Å². The van der Waals surface area contributed by atoms with Gasteiger partial charge in [0.15, 0.2) is 0 Å². The molecule has 0 unspecified atom stereocenters. The van der Waals surface area contributed by atoms with E-state index in [-0.39, 0.29) is 0 Å². The van der Waals surface area contributed by atoms with Gasteiger partial charge in [0.1, 0.15) is 12.1 Å². The highest BCUT2D eigenvalue weighted by Crippen LogP contribution is 2.41. The molecule has 4 nitrogen and oxygen atoms in total. The van der Waals surface area contributed by atoms with Gasteiger partial charge in [-0.1, -0.05) is 103 Å². The normalized spacial score (nSPS) is 11.4. The molecular weight excluding hydrogens is 560 g/mol. The molecule has 0 aliphatic heterocycles. The van der Waals surface area contributed by atoms with E-state index >= 15 is 0 Å². The zero-order chi connectivity index (χ0) is 30.8. The number of hydrogen-bond donors (Lipinski definition) is 0. The van der Waals surface area contributed by atoms with Gasteiger partial charge in [-0.05, 0) is 64.4 Å². The molecule has 2 heterocycles. The van der Waals surface area contributed by atoms with Gasteiger partial charge in [0, 0.05) is 21.5 Å². The summed E-state index contributed by atoms with van der Waals surface area (Å²) in [6.07, 6.45) is 0. The highest BCUT2D eigenvalue weighted by Gasteiger charge is 2.23. The lowest BCUT2D eigenvalue weighted by Gasteiger charge is -2.16. The Labute approximate surface area is 264 Å². The van der Waals surface area contributed by atoms with Crippen molar-refractivity contribution in [1.82, 2.24) is 9.13 Å². The lowest BCUT2D eigenvalue weighted by Crippen LogP contribution is -2.05. The van der Waals surface area contributed by atoms with E-state index < -0.39 is 0 Å². The van der Waals surface area contributed by atoms with E-state index in [1.165, 1.54) is 0 Å². The van der Waals surface area contributed by atoms with E-state index in [1.54, 1.807) is 0 Å². The maximum Gasteiger partial charge on any atom is 0.103 e. The van der Waals surface area contributed by atoms with Crippen molar-refractivity contribution in [2.45, 2.75) is 0 Å². The molecule has 0 aliphatic carbocycles. The van der Waals surface area contributed by atoms with Crippen LogP contribution in [0.15, 0.2) is 146 Å². The Kier molecular flexibility index (Phi) is 5.59. The summed E-state index contributed by atoms with van der Waals surface area (Å²) in [6, 6.07) is 54.9. The van der Waals surface area contributed by atoms with Crippen molar-refractivity contribution in [3.8, 4) is 34.6 Å². The van der Waals surface area contributed by atoms with Crippen LogP contribution in [0.5, 0.6) is 0 Å². The molecule has 4 heteroatoms. The third kappa shape index (κ3) is 3.59. The number of fused-ring (bicyclic) bond motifs is 8. The third-order valence-corrected chi connectivity index (χ3v) is 9.21. The fraction of sp³-hybridized carbons (Fsp3) is 0. The molecule has 0 saturated carbocycles. The Morgan fingerprint density at radius 1 is 0.391 bits per heavy atom. The highest BCUT2D eigenvalue weighted by atomic mass is 15.0. The monoisotopic (exact) mass is 584 g/mol. The van der Waals surface area contributed by atoms with Gasteiger partial charge in [-0.15, -0.1) is 0 Å². The lowest BCUT2D eigenvalue weighted by atomic mass is 10.0. The van der Waals surface area contributed by atoms with E-state index in [4.69, 9.17) is 0 Å². The van der Waals surface area contributed by atoms with Crippen LogP contribution >= 0.6 is 0 Å². The van der Waals surface area contributed by atoms with Crippen LogP contribution in [0, 0.1) is 22.7 Å². The summed E-state index contributed by atoms with van der Waals surface area (Å²) in [7, 11) is 0. The number of hydrogen-bond acceptors (Lipinski definition) is 2. The number of nitriles is 2. The largest absolute Gasteiger partial charge is 0.308 e. The van der Waals surface area contributed by atoms with Crippen molar-refractivity contribution in [3.05, 3.63) is 157 Å². The predicted octanol–water partition coefficient (Wildman–Crippen LogP) is 10.4. The van der Waals surface area contributed by atoms with Crippen LogP contribution in [0.4, 0.5) is 0 Å². The van der Waals surface area contributed by atoms with Crippen molar-refractivity contribution in [1.29, 1.82) is 10.5 Å². The number of rotatable bonds is 3. The van der Waals surface area contributed by atoms with Crippen LogP contribution in [-0.2, 0) is 0 Å². The van der Waals surface area contributed by atoms with Crippen LogP contribution in [0.25, 0.3) is 76.9 Å². The van der Waals surface area contributed by atoms with Crippen LogP contribution in [0.3, 0.4) is 0 Å². The summed E-state index contributed by atoms with van der Waals surface area (Å²) in [5, 5.41) is 28.2. The molecule has 0 amide bonds. The van der Waals surface area contributed by atoms with Crippen LogP contribution in [-0.4, -0.2) is 9.13 Å². The minimum Gasteiger partial charge on any atom is -0.308 e. The third-order valence-electron chi connectivity index (χ3n) is 9.21. The maximum absolute atomic E-state index is 10.8. The molecule has 0 aliphatic rings. The number of para-hydroxylation sites is 2. The molecule has 0 fully saturated rings. The van der Waals surface area contributed by atoms with E-state index in [1.807, 2.05) is 42.5 Å². The van der Waals surface area contributed by atoms with Gasteiger partial charge >= 0.3 is 0 Å². The van der Waals surface area contributed by atoms with Crippen LogP contribution in [0.1, 0.15) is 11.1 Å². The fourth-order valence-electron chi connectivity index (χ4n) is 7.22. The first-order valence-corrected chi connectivity index (χ1v) is 15.2. The average molecular weight is 585 g/mol. The lowest BCUT2D eigenvalue weighted by molar-refractivity contribution is 1.12. The first kappa shape index (κ1) is 25.8. The highest BCUT2D eigenvalue weighted by molar-refractivity contribution is 6.22. The maximum atomic E-state index is 10.8. The minimum absolute atomic E-state index is 0.348. The van der Waals surface area contributed by atoms with Gasteiger partial charge in [0.05, 0.1) is 44.6 Å². The van der Waals surface area contributed by atoms with Crippen LogP contribution < -0.4 is 0 Å². The molecule has 9 aromatic rings. The van der Waals surface area contributed by atoms with Crippen LogP contribution in [0.2, 0.25) is 0 Å². The molecule has 0 N–H and O–H groups in total. The van der Waals surface area contributed by atoms with Crippen molar-refractivity contribution in [3.63, 3.8) is 0 Å². The number of aromatic nitrogens is 2. The second-order valence-electron chi connectivity index (χ2n) is 11.6. The van der Waals surface area contributed by atoms with Gasteiger partial charge in [-0.3, -0.25) is 0 Å². The molecule has 7 aromatic carbocycles. The Balaban J connectivity index is 1.38. The van der Waals surface area contributed by atoms with Gasteiger partial charge in [-0.2, -0.15) is 10.5 Å². The van der Waals surface area contributed by atoms with Gasteiger partial charge in [0.2, 0.25) is 0 Å². The van der Waals surface area contributed by atoms with E-state index in [0.717, 1.165) is 65.5 Å². The zero-order valence-electron chi connectivity index (χ0n) is 24.6. The fourth-order valence-corrected chi connectivity index (χ4v) is 7.22. The quantitative estimate of drug-likeness (QED) is 0.207. The Morgan fingerprint density at radius 2 is 0.913 bits per heavy atom. The summed E-state index contributed by atoms with van der Waals surface area (Å²) in [5.74, 6) is 0. The number of nitrogens with zero attached hydrogens (tertiary/aromatic N) is 4. The van der Waals surface area contributed by atoms with Gasteiger partial charge in [-0.25, -0.2) is 0 Å². The molecule has 0 bridgehead atoms. The van der Waals surface area contributed by atoms with Crippen molar-refractivity contribution < 1.29 is 0 Å². The Bertz CT molecular complexity index is 2710. The van der Waals surface area contributed by atoms with Crippen molar-refractivity contribution in [2.24, 2.45) is 0 Å². The molecule has 0 spiro atoms. The second kappa shape index (κ2) is 9.96. The second-order valence-corrected chi connectivity index (χ2v) is 11.6. The first-order valence-electron chi connectivity index (χ1n) is 15.2. The van der Waals surface area contributed by atoms with Crippen molar-refractivity contribution in [2.75, 3.05) is 0 Å². The first-order chi connectivity index (χ1) is 22.8. The molecular formula is C42H24N4. The molecule has 2 aromatic heterocycles. The average Bonchev–Trinajstić information content (AvgIpc) is 3.64. The SMILES string of the molecule is N#Cc1c(-n2c3ccccc3c3ccccc32)ccc(-n2c3ccc(-c4ccccc4)cc3c3c4ccccc4ccc32)c1C#N. The Morgan fingerprint density at radius 3 is 1.57 bits per heavy atom. The zero-order valence-corrected chi connectivity index (χ0v) is 24.6. The summed E-state index contributed by atoms with van der Waals surface area (Å²) in [5.41, 5.74) is 8.31. The van der Waals surface area contributed by atoms with Gasteiger partial charge in [0.25, 0.3) is 0 Å². The van der Waals surface area contributed by atoms with Crippen molar-refractivity contribution >= 4 is 54.4 Å². The molecule has 9 rings (SSSR count).